The fourth-order valence-electron chi connectivity index (χ4n) is 1.50. The number of benzene rings is 1. The lowest BCUT2D eigenvalue weighted by Gasteiger charge is -2.11. The number of carboxylic acid groups (broad SMARTS) is 2. The van der Waals surface area contributed by atoms with E-state index in [0.29, 0.717) is 17.1 Å². The fourth-order valence-corrected chi connectivity index (χ4v) is 1.50. The van der Waals surface area contributed by atoms with Crippen molar-refractivity contribution >= 4 is 18.0 Å². The summed E-state index contributed by atoms with van der Waals surface area (Å²) in [5.41, 5.74) is 0.528. The van der Waals surface area contributed by atoms with E-state index in [9.17, 15) is 9.59 Å². The highest BCUT2D eigenvalue weighted by atomic mass is 16.5. The summed E-state index contributed by atoms with van der Waals surface area (Å²) in [6, 6.07) is 2.70. The van der Waals surface area contributed by atoms with E-state index in [1.165, 1.54) is 38.5 Å². The zero-order chi connectivity index (χ0) is 14.4. The average molecular weight is 266 g/mol. The normalized spacial score (nSPS) is 10.4. The van der Waals surface area contributed by atoms with Gasteiger partial charge >= 0.3 is 11.9 Å². The molecule has 0 amide bonds. The number of aliphatic carboxylic acids is 1. The van der Waals surface area contributed by atoms with Crippen LogP contribution in [0.1, 0.15) is 22.3 Å². The highest BCUT2D eigenvalue weighted by Gasteiger charge is 2.13. The first-order valence-corrected chi connectivity index (χ1v) is 5.37. The zero-order valence-corrected chi connectivity index (χ0v) is 10.5. The summed E-state index contributed by atoms with van der Waals surface area (Å²) in [5, 5.41) is 17.5. The van der Waals surface area contributed by atoms with Gasteiger partial charge in [0, 0.05) is 0 Å². The number of carbonyl (C=O) groups is 2. The van der Waals surface area contributed by atoms with Crippen molar-refractivity contribution in [2.24, 2.45) is 0 Å². The fraction of sp³-hybridized carbons (Fsp3) is 0.231. The van der Waals surface area contributed by atoms with Gasteiger partial charge < -0.3 is 19.7 Å². The van der Waals surface area contributed by atoms with Gasteiger partial charge in [-0.15, -0.1) is 0 Å². The molecule has 0 aliphatic carbocycles. The molecule has 0 atom stereocenters. The molecule has 0 radical (unpaired) electrons. The number of aromatic carboxylic acids is 1. The van der Waals surface area contributed by atoms with Gasteiger partial charge in [0.1, 0.15) is 11.5 Å². The molecule has 0 heterocycles. The Labute approximate surface area is 109 Å². The number of hydrogen-bond acceptors (Lipinski definition) is 4. The third-order valence-electron chi connectivity index (χ3n) is 2.37. The number of hydrogen-bond donors (Lipinski definition) is 2. The van der Waals surface area contributed by atoms with Crippen LogP contribution < -0.4 is 9.47 Å². The van der Waals surface area contributed by atoms with Crippen LogP contribution in [0.25, 0.3) is 6.08 Å². The van der Waals surface area contributed by atoms with Crippen LogP contribution in [-0.4, -0.2) is 36.4 Å². The monoisotopic (exact) mass is 266 g/mol. The number of carboxylic acids is 2. The molecule has 102 valence electrons. The van der Waals surface area contributed by atoms with Crippen molar-refractivity contribution in [2.45, 2.75) is 6.42 Å². The number of methoxy groups -OCH3 is 2. The first-order valence-electron chi connectivity index (χ1n) is 5.37. The van der Waals surface area contributed by atoms with E-state index in [1.54, 1.807) is 0 Å². The van der Waals surface area contributed by atoms with E-state index in [2.05, 4.69) is 0 Å². The minimum atomic E-state index is -1.10. The summed E-state index contributed by atoms with van der Waals surface area (Å²) < 4.78 is 10.2. The van der Waals surface area contributed by atoms with Gasteiger partial charge in [-0.1, -0.05) is 12.2 Å². The second-order valence-electron chi connectivity index (χ2n) is 3.60. The summed E-state index contributed by atoms with van der Waals surface area (Å²) in [7, 11) is 2.80. The predicted molar refractivity (Wildman–Crippen MR) is 67.8 cm³/mol. The van der Waals surface area contributed by atoms with Crippen LogP contribution in [0.15, 0.2) is 18.2 Å². The maximum Gasteiger partial charge on any atom is 0.335 e. The highest BCUT2D eigenvalue weighted by molar-refractivity contribution is 5.90. The van der Waals surface area contributed by atoms with Crippen LogP contribution in [-0.2, 0) is 4.79 Å². The van der Waals surface area contributed by atoms with Crippen LogP contribution in [0, 0.1) is 0 Å². The van der Waals surface area contributed by atoms with Crippen molar-refractivity contribution in [1.82, 2.24) is 0 Å². The SMILES string of the molecule is COc1cc(C(=O)O)cc(OC)c1C=CCC(=O)O. The molecule has 0 fully saturated rings. The molecule has 1 aromatic rings. The second kappa shape index (κ2) is 6.44. The van der Waals surface area contributed by atoms with Crippen LogP contribution >= 0.6 is 0 Å². The number of rotatable bonds is 6. The molecular weight excluding hydrogens is 252 g/mol. The third kappa shape index (κ3) is 3.74. The molecule has 19 heavy (non-hydrogen) atoms. The smallest absolute Gasteiger partial charge is 0.335 e. The third-order valence-corrected chi connectivity index (χ3v) is 2.37. The maximum absolute atomic E-state index is 10.9. The lowest BCUT2D eigenvalue weighted by Crippen LogP contribution is -2.01. The molecule has 0 aromatic heterocycles. The molecule has 0 aliphatic rings. The van der Waals surface area contributed by atoms with Crippen molar-refractivity contribution < 1.29 is 29.3 Å². The zero-order valence-electron chi connectivity index (χ0n) is 10.5. The Balaban J connectivity index is 3.24. The first kappa shape index (κ1) is 14.6. The first-order chi connectivity index (χ1) is 8.99. The van der Waals surface area contributed by atoms with Crippen LogP contribution in [0.4, 0.5) is 0 Å². The molecule has 2 N–H and O–H groups in total. The predicted octanol–water partition coefficient (Wildman–Crippen LogP) is 1.89. The van der Waals surface area contributed by atoms with E-state index in [1.807, 2.05) is 0 Å². The topological polar surface area (TPSA) is 93.1 Å². The van der Waals surface area contributed by atoms with E-state index < -0.39 is 11.9 Å². The lowest BCUT2D eigenvalue weighted by atomic mass is 10.1. The maximum atomic E-state index is 10.9. The summed E-state index contributed by atoms with van der Waals surface area (Å²) in [6.45, 7) is 0. The van der Waals surface area contributed by atoms with Gasteiger partial charge in [-0.05, 0) is 12.1 Å². The Morgan fingerprint density at radius 3 is 2.05 bits per heavy atom. The minimum Gasteiger partial charge on any atom is -0.496 e. The Hall–Kier alpha value is -2.50. The Kier molecular flexibility index (Phi) is 4.93. The molecule has 0 saturated heterocycles. The molecular formula is C13H14O6. The largest absolute Gasteiger partial charge is 0.496 e. The van der Waals surface area contributed by atoms with Gasteiger partial charge in [0.2, 0.25) is 0 Å². The summed E-state index contributed by atoms with van der Waals surface area (Å²) in [5.74, 6) is -1.45. The number of ether oxygens (including phenoxy) is 2. The van der Waals surface area contributed by atoms with E-state index in [4.69, 9.17) is 19.7 Å². The van der Waals surface area contributed by atoms with Crippen molar-refractivity contribution in [1.29, 1.82) is 0 Å². The van der Waals surface area contributed by atoms with Gasteiger partial charge in [-0.25, -0.2) is 4.79 Å². The molecule has 1 aromatic carbocycles. The molecule has 0 unspecified atom stereocenters. The van der Waals surface area contributed by atoms with Gasteiger partial charge in [0.05, 0.1) is 31.8 Å². The van der Waals surface area contributed by atoms with Crippen molar-refractivity contribution in [3.05, 3.63) is 29.3 Å². The molecule has 0 aliphatic heterocycles. The van der Waals surface area contributed by atoms with Gasteiger partial charge in [0.15, 0.2) is 0 Å². The Morgan fingerprint density at radius 2 is 1.68 bits per heavy atom. The van der Waals surface area contributed by atoms with Gasteiger partial charge in [0.25, 0.3) is 0 Å². The highest BCUT2D eigenvalue weighted by Crippen LogP contribution is 2.32. The summed E-state index contributed by atoms with van der Waals surface area (Å²) in [4.78, 5) is 21.4. The van der Waals surface area contributed by atoms with Crippen molar-refractivity contribution in [3.63, 3.8) is 0 Å². The van der Waals surface area contributed by atoms with E-state index in [-0.39, 0.29) is 12.0 Å². The average Bonchev–Trinajstić information content (AvgIpc) is 2.37. The minimum absolute atomic E-state index is 0.0316. The summed E-state index contributed by atoms with van der Waals surface area (Å²) >= 11 is 0. The Bertz CT molecular complexity index is 493. The van der Waals surface area contributed by atoms with E-state index in [0.717, 1.165) is 0 Å². The second-order valence-corrected chi connectivity index (χ2v) is 3.60. The molecule has 0 bridgehead atoms. The quantitative estimate of drug-likeness (QED) is 0.816. The molecule has 0 saturated carbocycles. The Morgan fingerprint density at radius 1 is 1.16 bits per heavy atom. The standard InChI is InChI=1S/C13H14O6/c1-18-10-6-8(13(16)17)7-11(19-2)9(10)4-3-5-12(14)15/h3-4,6-7H,5H2,1-2H3,(H,14,15)(H,16,17). The van der Waals surface area contributed by atoms with Crippen molar-refractivity contribution in [3.8, 4) is 11.5 Å². The van der Waals surface area contributed by atoms with Gasteiger partial charge in [-0.3, -0.25) is 4.79 Å². The van der Waals surface area contributed by atoms with Crippen LogP contribution in [0.5, 0.6) is 11.5 Å². The summed E-state index contributed by atoms with van der Waals surface area (Å²) in [6.07, 6.45) is 2.81. The van der Waals surface area contributed by atoms with Gasteiger partial charge in [-0.2, -0.15) is 0 Å². The van der Waals surface area contributed by atoms with E-state index >= 15 is 0 Å². The van der Waals surface area contributed by atoms with Crippen LogP contribution in [0.2, 0.25) is 0 Å². The molecule has 6 heteroatoms. The molecule has 1 rings (SSSR count). The molecule has 0 spiro atoms. The lowest BCUT2D eigenvalue weighted by molar-refractivity contribution is -0.135. The molecule has 6 nitrogen and oxygen atoms in total. The van der Waals surface area contributed by atoms with Crippen molar-refractivity contribution in [2.75, 3.05) is 14.2 Å². The van der Waals surface area contributed by atoms with Crippen LogP contribution in [0.3, 0.4) is 0 Å².